The van der Waals surface area contributed by atoms with E-state index in [1.165, 1.54) is 0 Å². The first-order chi connectivity index (χ1) is 10.2. The zero-order valence-corrected chi connectivity index (χ0v) is 11.4. The molecular formula is C16H14N2O3. The number of benzene rings is 2. The number of fused-ring (bicyclic) bond motifs is 1. The normalized spacial score (nSPS) is 16.4. The van der Waals surface area contributed by atoms with Crippen LogP contribution < -0.4 is 10.1 Å². The van der Waals surface area contributed by atoms with Gasteiger partial charge in [-0.1, -0.05) is 30.3 Å². The fraction of sp³-hybridized carbons (Fsp3) is 0.125. The number of nitrogens with one attached hydrogen (secondary N) is 1. The van der Waals surface area contributed by atoms with Crippen LogP contribution in [0, 0.1) is 10.1 Å². The van der Waals surface area contributed by atoms with E-state index in [9.17, 15) is 10.1 Å². The van der Waals surface area contributed by atoms with Gasteiger partial charge in [0.25, 0.3) is 5.70 Å². The maximum atomic E-state index is 11.3. The van der Waals surface area contributed by atoms with Gasteiger partial charge in [-0.2, -0.15) is 0 Å². The highest BCUT2D eigenvalue weighted by Gasteiger charge is 2.30. The Hall–Kier alpha value is -2.82. The Bertz CT molecular complexity index is 708. The zero-order chi connectivity index (χ0) is 14.8. The van der Waals surface area contributed by atoms with E-state index in [4.69, 9.17) is 4.74 Å². The number of hydrogen-bond acceptors (Lipinski definition) is 4. The van der Waals surface area contributed by atoms with Crippen molar-refractivity contribution in [2.45, 2.75) is 6.04 Å². The fourth-order valence-corrected chi connectivity index (χ4v) is 2.43. The molecule has 1 N–H and O–H groups in total. The van der Waals surface area contributed by atoms with Crippen LogP contribution in [0.1, 0.15) is 17.2 Å². The number of nitro groups is 1. The van der Waals surface area contributed by atoms with Crippen LogP contribution in [0.3, 0.4) is 0 Å². The molecule has 0 saturated carbocycles. The Morgan fingerprint density at radius 1 is 1.14 bits per heavy atom. The first-order valence-corrected chi connectivity index (χ1v) is 6.54. The molecule has 0 spiro atoms. The van der Waals surface area contributed by atoms with Crippen LogP contribution in [-0.4, -0.2) is 12.0 Å². The summed E-state index contributed by atoms with van der Waals surface area (Å²) in [6.07, 6.45) is 1.63. The molecule has 2 aromatic rings. The van der Waals surface area contributed by atoms with Gasteiger partial charge in [0.05, 0.1) is 12.0 Å². The monoisotopic (exact) mass is 282 g/mol. The molecule has 0 radical (unpaired) electrons. The van der Waals surface area contributed by atoms with Gasteiger partial charge in [0.1, 0.15) is 11.8 Å². The van der Waals surface area contributed by atoms with Crippen molar-refractivity contribution in [2.24, 2.45) is 0 Å². The lowest BCUT2D eigenvalue weighted by Crippen LogP contribution is -2.21. The van der Waals surface area contributed by atoms with Gasteiger partial charge < -0.3 is 10.1 Å². The lowest BCUT2D eigenvalue weighted by atomic mass is 9.97. The highest BCUT2D eigenvalue weighted by molar-refractivity contribution is 5.72. The van der Waals surface area contributed by atoms with E-state index in [2.05, 4.69) is 5.32 Å². The largest absolute Gasteiger partial charge is 0.497 e. The van der Waals surface area contributed by atoms with Gasteiger partial charge in [0, 0.05) is 17.3 Å². The molecule has 0 bridgehead atoms. The standard InChI is InChI=1S/C16H14N2O3/c1-21-13-8-6-11(7-9-13)16-15(18(19)20)10-12-4-2-3-5-14(12)17-16/h2-10,16-17H,1H3/t16-/m0/s1. The molecule has 0 aromatic heterocycles. The molecule has 5 heteroatoms. The van der Waals surface area contributed by atoms with E-state index in [0.717, 1.165) is 22.6 Å². The Balaban J connectivity index is 2.03. The second-order valence-electron chi connectivity index (χ2n) is 4.76. The third kappa shape index (κ3) is 2.45. The summed E-state index contributed by atoms with van der Waals surface area (Å²) in [5, 5.41) is 14.6. The third-order valence-corrected chi connectivity index (χ3v) is 3.52. The van der Waals surface area contributed by atoms with E-state index in [0.29, 0.717) is 0 Å². The molecule has 21 heavy (non-hydrogen) atoms. The van der Waals surface area contributed by atoms with Crippen LogP contribution >= 0.6 is 0 Å². The first kappa shape index (κ1) is 13.2. The number of hydrogen-bond donors (Lipinski definition) is 1. The van der Waals surface area contributed by atoms with Crippen LogP contribution in [0.15, 0.2) is 54.2 Å². The Kier molecular flexibility index (Phi) is 3.31. The van der Waals surface area contributed by atoms with Crippen molar-refractivity contribution in [3.8, 4) is 5.75 Å². The van der Waals surface area contributed by atoms with E-state index >= 15 is 0 Å². The molecule has 0 saturated heterocycles. The quantitative estimate of drug-likeness (QED) is 0.691. The molecule has 0 aliphatic carbocycles. The van der Waals surface area contributed by atoms with Gasteiger partial charge in [0.15, 0.2) is 0 Å². The van der Waals surface area contributed by atoms with Crippen LogP contribution in [-0.2, 0) is 0 Å². The van der Waals surface area contributed by atoms with Crippen molar-refractivity contribution in [2.75, 3.05) is 12.4 Å². The topological polar surface area (TPSA) is 64.4 Å². The minimum Gasteiger partial charge on any atom is -0.497 e. The molecule has 0 unspecified atom stereocenters. The van der Waals surface area contributed by atoms with Crippen molar-refractivity contribution >= 4 is 11.8 Å². The average Bonchev–Trinajstić information content (AvgIpc) is 2.53. The molecule has 1 heterocycles. The summed E-state index contributed by atoms with van der Waals surface area (Å²) >= 11 is 0. The van der Waals surface area contributed by atoms with Crippen LogP contribution in [0.25, 0.3) is 6.08 Å². The molecule has 1 aliphatic heterocycles. The van der Waals surface area contributed by atoms with Crippen molar-refractivity contribution in [3.05, 3.63) is 75.5 Å². The average molecular weight is 282 g/mol. The summed E-state index contributed by atoms with van der Waals surface area (Å²) in [5.41, 5.74) is 2.69. The van der Waals surface area contributed by atoms with Crippen LogP contribution in [0.2, 0.25) is 0 Å². The highest BCUT2D eigenvalue weighted by Crippen LogP contribution is 2.35. The summed E-state index contributed by atoms with van der Waals surface area (Å²) in [6, 6.07) is 14.3. The van der Waals surface area contributed by atoms with Crippen molar-refractivity contribution < 1.29 is 9.66 Å². The van der Waals surface area contributed by atoms with Gasteiger partial charge in [-0.15, -0.1) is 0 Å². The van der Waals surface area contributed by atoms with E-state index in [1.807, 2.05) is 36.4 Å². The Morgan fingerprint density at radius 2 is 1.86 bits per heavy atom. The fourth-order valence-electron chi connectivity index (χ4n) is 2.43. The van der Waals surface area contributed by atoms with Gasteiger partial charge in [-0.05, 0) is 23.8 Å². The lowest BCUT2D eigenvalue weighted by Gasteiger charge is -2.23. The molecule has 1 atom stereocenters. The molecule has 0 fully saturated rings. The lowest BCUT2D eigenvalue weighted by molar-refractivity contribution is -0.427. The van der Waals surface area contributed by atoms with Gasteiger partial charge in [0.2, 0.25) is 0 Å². The molecule has 0 amide bonds. The number of anilines is 1. The minimum atomic E-state index is -0.471. The zero-order valence-electron chi connectivity index (χ0n) is 11.4. The maximum absolute atomic E-state index is 11.3. The van der Waals surface area contributed by atoms with E-state index < -0.39 is 6.04 Å². The Labute approximate surface area is 122 Å². The second kappa shape index (κ2) is 5.28. The van der Waals surface area contributed by atoms with E-state index in [1.54, 1.807) is 25.3 Å². The van der Waals surface area contributed by atoms with Gasteiger partial charge in [-0.25, -0.2) is 0 Å². The number of ether oxygens (including phenoxy) is 1. The summed E-state index contributed by atoms with van der Waals surface area (Å²) in [5.74, 6) is 0.724. The second-order valence-corrected chi connectivity index (χ2v) is 4.76. The molecule has 3 rings (SSSR count). The highest BCUT2D eigenvalue weighted by atomic mass is 16.6. The summed E-state index contributed by atoms with van der Waals surface area (Å²) in [6.45, 7) is 0. The van der Waals surface area contributed by atoms with Crippen molar-refractivity contribution in [1.82, 2.24) is 0 Å². The summed E-state index contributed by atoms with van der Waals surface area (Å²) in [7, 11) is 1.59. The van der Waals surface area contributed by atoms with Crippen LogP contribution in [0.5, 0.6) is 5.75 Å². The summed E-state index contributed by atoms with van der Waals surface area (Å²) < 4.78 is 5.12. The number of para-hydroxylation sites is 1. The number of rotatable bonds is 3. The number of nitrogens with zero attached hydrogens (tertiary/aromatic N) is 1. The SMILES string of the molecule is COc1ccc([C@@H]2Nc3ccccc3C=C2[N+](=O)[O-])cc1. The Morgan fingerprint density at radius 3 is 2.52 bits per heavy atom. The van der Waals surface area contributed by atoms with Crippen molar-refractivity contribution in [1.29, 1.82) is 0 Å². The maximum Gasteiger partial charge on any atom is 0.273 e. The third-order valence-electron chi connectivity index (χ3n) is 3.52. The summed E-state index contributed by atoms with van der Waals surface area (Å²) in [4.78, 5) is 11.0. The molecule has 2 aromatic carbocycles. The number of methoxy groups -OCH3 is 1. The molecule has 106 valence electrons. The smallest absolute Gasteiger partial charge is 0.273 e. The molecule has 1 aliphatic rings. The van der Waals surface area contributed by atoms with Gasteiger partial charge >= 0.3 is 0 Å². The predicted molar refractivity (Wildman–Crippen MR) is 80.8 cm³/mol. The molecule has 5 nitrogen and oxygen atoms in total. The first-order valence-electron chi connectivity index (χ1n) is 6.54. The minimum absolute atomic E-state index is 0.138. The molecular weight excluding hydrogens is 268 g/mol. The predicted octanol–water partition coefficient (Wildman–Crippen LogP) is 3.48. The van der Waals surface area contributed by atoms with Gasteiger partial charge in [-0.3, -0.25) is 10.1 Å². The van der Waals surface area contributed by atoms with Crippen LogP contribution in [0.4, 0.5) is 5.69 Å². The van der Waals surface area contributed by atoms with E-state index in [-0.39, 0.29) is 10.6 Å². The van der Waals surface area contributed by atoms with Crippen molar-refractivity contribution in [3.63, 3.8) is 0 Å².